The van der Waals surface area contributed by atoms with E-state index in [4.69, 9.17) is 4.74 Å². The third kappa shape index (κ3) is 3.76. The standard InChI is InChI=1S/C19H17N3O2/c1-24-18-8-4-15(5-9-18)16-12-20-19(21-13-16)22-17-6-2-14(3-7-17)10-11-23/h2-9,11-13H,10H2,1H3,(H,20,21,22). The van der Waals surface area contributed by atoms with Crippen LogP contribution in [0.3, 0.4) is 0 Å². The summed E-state index contributed by atoms with van der Waals surface area (Å²) in [5, 5.41) is 3.14. The molecule has 0 saturated heterocycles. The van der Waals surface area contributed by atoms with Gasteiger partial charge in [0.25, 0.3) is 0 Å². The van der Waals surface area contributed by atoms with Gasteiger partial charge in [-0.3, -0.25) is 0 Å². The minimum atomic E-state index is 0.424. The largest absolute Gasteiger partial charge is 0.497 e. The minimum Gasteiger partial charge on any atom is -0.497 e. The van der Waals surface area contributed by atoms with Crippen LogP contribution in [0.25, 0.3) is 11.1 Å². The fourth-order valence-electron chi connectivity index (χ4n) is 2.27. The van der Waals surface area contributed by atoms with Crippen molar-refractivity contribution in [3.05, 3.63) is 66.5 Å². The van der Waals surface area contributed by atoms with Crippen molar-refractivity contribution >= 4 is 17.9 Å². The number of aldehydes is 1. The van der Waals surface area contributed by atoms with Crippen LogP contribution in [-0.4, -0.2) is 23.4 Å². The van der Waals surface area contributed by atoms with Gasteiger partial charge in [-0.2, -0.15) is 0 Å². The van der Waals surface area contributed by atoms with E-state index < -0.39 is 0 Å². The molecule has 5 heteroatoms. The van der Waals surface area contributed by atoms with Crippen molar-refractivity contribution in [1.29, 1.82) is 0 Å². The molecule has 0 aliphatic rings. The van der Waals surface area contributed by atoms with Crippen LogP contribution in [0.2, 0.25) is 0 Å². The summed E-state index contributed by atoms with van der Waals surface area (Å²) >= 11 is 0. The number of methoxy groups -OCH3 is 1. The molecule has 3 rings (SSSR count). The minimum absolute atomic E-state index is 0.424. The number of carbonyl (C=O) groups is 1. The van der Waals surface area contributed by atoms with Crippen molar-refractivity contribution in [1.82, 2.24) is 9.97 Å². The van der Waals surface area contributed by atoms with Gasteiger partial charge in [0, 0.05) is 30.1 Å². The molecule has 0 amide bonds. The topological polar surface area (TPSA) is 64.1 Å². The van der Waals surface area contributed by atoms with Gasteiger partial charge in [-0.15, -0.1) is 0 Å². The highest BCUT2D eigenvalue weighted by molar-refractivity contribution is 5.64. The highest BCUT2D eigenvalue weighted by atomic mass is 16.5. The van der Waals surface area contributed by atoms with E-state index in [0.29, 0.717) is 12.4 Å². The van der Waals surface area contributed by atoms with E-state index in [1.54, 1.807) is 19.5 Å². The predicted octanol–water partition coefficient (Wildman–Crippen LogP) is 3.64. The predicted molar refractivity (Wildman–Crippen MR) is 93.5 cm³/mol. The van der Waals surface area contributed by atoms with Crippen molar-refractivity contribution in [2.24, 2.45) is 0 Å². The lowest BCUT2D eigenvalue weighted by Gasteiger charge is -2.07. The maximum Gasteiger partial charge on any atom is 0.227 e. The quantitative estimate of drug-likeness (QED) is 0.703. The smallest absolute Gasteiger partial charge is 0.227 e. The highest BCUT2D eigenvalue weighted by Gasteiger charge is 2.02. The second-order valence-corrected chi connectivity index (χ2v) is 5.22. The molecule has 0 aliphatic heterocycles. The molecule has 0 fully saturated rings. The molecule has 3 aromatic rings. The van der Waals surface area contributed by atoms with E-state index in [0.717, 1.165) is 34.4 Å². The number of aromatic nitrogens is 2. The number of nitrogens with one attached hydrogen (secondary N) is 1. The van der Waals surface area contributed by atoms with Crippen LogP contribution in [0.15, 0.2) is 60.9 Å². The average Bonchev–Trinajstić information content (AvgIpc) is 2.64. The molecule has 0 saturated carbocycles. The Morgan fingerprint density at radius 2 is 1.62 bits per heavy atom. The molecule has 0 aliphatic carbocycles. The number of benzene rings is 2. The summed E-state index contributed by atoms with van der Waals surface area (Å²) in [6.45, 7) is 0. The number of carbonyl (C=O) groups excluding carboxylic acids is 1. The normalized spacial score (nSPS) is 10.2. The van der Waals surface area contributed by atoms with Gasteiger partial charge in [-0.1, -0.05) is 24.3 Å². The zero-order chi connectivity index (χ0) is 16.8. The van der Waals surface area contributed by atoms with Crippen LogP contribution >= 0.6 is 0 Å². The Bertz CT molecular complexity index is 798. The second kappa shape index (κ2) is 7.37. The van der Waals surface area contributed by atoms with E-state index in [2.05, 4.69) is 15.3 Å². The summed E-state index contributed by atoms with van der Waals surface area (Å²) in [5.41, 5.74) is 3.82. The summed E-state index contributed by atoms with van der Waals surface area (Å²) in [6.07, 6.45) is 4.87. The molecular formula is C19H17N3O2. The summed E-state index contributed by atoms with van der Waals surface area (Å²) in [4.78, 5) is 19.2. The SMILES string of the molecule is COc1ccc(-c2cnc(Nc3ccc(CC=O)cc3)nc2)cc1. The number of anilines is 2. The molecule has 0 spiro atoms. The molecule has 1 N–H and O–H groups in total. The Morgan fingerprint density at radius 1 is 0.958 bits per heavy atom. The van der Waals surface area contributed by atoms with Gasteiger partial charge in [-0.05, 0) is 35.4 Å². The zero-order valence-corrected chi connectivity index (χ0v) is 13.3. The van der Waals surface area contributed by atoms with Crippen molar-refractivity contribution in [3.63, 3.8) is 0 Å². The molecule has 24 heavy (non-hydrogen) atoms. The van der Waals surface area contributed by atoms with Gasteiger partial charge in [0.05, 0.1) is 7.11 Å². The van der Waals surface area contributed by atoms with Crippen molar-refractivity contribution in [2.75, 3.05) is 12.4 Å². The molecular weight excluding hydrogens is 302 g/mol. The average molecular weight is 319 g/mol. The Labute approximate surface area is 140 Å². The third-order valence-corrected chi connectivity index (χ3v) is 3.60. The first-order valence-electron chi connectivity index (χ1n) is 7.54. The molecule has 0 radical (unpaired) electrons. The molecule has 5 nitrogen and oxygen atoms in total. The molecule has 120 valence electrons. The second-order valence-electron chi connectivity index (χ2n) is 5.22. The lowest BCUT2D eigenvalue weighted by molar-refractivity contribution is -0.107. The summed E-state index contributed by atoms with van der Waals surface area (Å²) < 4.78 is 5.15. The Hall–Kier alpha value is -3.21. The van der Waals surface area contributed by atoms with Gasteiger partial charge in [0.15, 0.2) is 0 Å². The molecule has 0 bridgehead atoms. The van der Waals surface area contributed by atoms with Gasteiger partial charge < -0.3 is 14.8 Å². The van der Waals surface area contributed by atoms with E-state index in [1.807, 2.05) is 48.5 Å². The van der Waals surface area contributed by atoms with Gasteiger partial charge >= 0.3 is 0 Å². The van der Waals surface area contributed by atoms with Crippen LogP contribution in [-0.2, 0) is 11.2 Å². The lowest BCUT2D eigenvalue weighted by atomic mass is 10.1. The maximum atomic E-state index is 10.5. The van der Waals surface area contributed by atoms with Crippen LogP contribution in [0.1, 0.15) is 5.56 Å². The van der Waals surface area contributed by atoms with E-state index in [-0.39, 0.29) is 0 Å². The Balaban J connectivity index is 1.70. The van der Waals surface area contributed by atoms with E-state index >= 15 is 0 Å². The number of hydrogen-bond donors (Lipinski definition) is 1. The maximum absolute atomic E-state index is 10.5. The van der Waals surface area contributed by atoms with Gasteiger partial charge in [0.1, 0.15) is 12.0 Å². The first-order valence-corrected chi connectivity index (χ1v) is 7.54. The number of ether oxygens (including phenoxy) is 1. The highest BCUT2D eigenvalue weighted by Crippen LogP contribution is 2.22. The fourth-order valence-corrected chi connectivity index (χ4v) is 2.27. The monoisotopic (exact) mass is 319 g/mol. The van der Waals surface area contributed by atoms with E-state index in [1.165, 1.54) is 0 Å². The van der Waals surface area contributed by atoms with Crippen LogP contribution in [0.4, 0.5) is 11.6 Å². The molecule has 1 aromatic heterocycles. The van der Waals surface area contributed by atoms with Crippen molar-refractivity contribution in [2.45, 2.75) is 6.42 Å². The number of nitrogens with zero attached hydrogens (tertiary/aromatic N) is 2. The summed E-state index contributed by atoms with van der Waals surface area (Å²) in [7, 11) is 1.64. The van der Waals surface area contributed by atoms with Crippen molar-refractivity contribution in [3.8, 4) is 16.9 Å². The molecule has 2 aromatic carbocycles. The summed E-state index contributed by atoms with van der Waals surface area (Å²) in [6, 6.07) is 15.4. The zero-order valence-electron chi connectivity index (χ0n) is 13.3. The molecule has 0 unspecified atom stereocenters. The summed E-state index contributed by atoms with van der Waals surface area (Å²) in [5.74, 6) is 1.34. The number of hydrogen-bond acceptors (Lipinski definition) is 5. The number of rotatable bonds is 6. The Morgan fingerprint density at radius 3 is 2.21 bits per heavy atom. The van der Waals surface area contributed by atoms with Gasteiger partial charge in [-0.25, -0.2) is 9.97 Å². The third-order valence-electron chi connectivity index (χ3n) is 3.60. The fraction of sp³-hybridized carbons (Fsp3) is 0.105. The molecule has 1 heterocycles. The first-order chi connectivity index (χ1) is 11.8. The van der Waals surface area contributed by atoms with Crippen LogP contribution < -0.4 is 10.1 Å². The van der Waals surface area contributed by atoms with Crippen LogP contribution in [0.5, 0.6) is 5.75 Å². The van der Waals surface area contributed by atoms with E-state index in [9.17, 15) is 4.79 Å². The van der Waals surface area contributed by atoms with Crippen LogP contribution in [0, 0.1) is 0 Å². The molecule has 0 atom stereocenters. The Kier molecular flexibility index (Phi) is 4.81. The van der Waals surface area contributed by atoms with Crippen molar-refractivity contribution < 1.29 is 9.53 Å². The lowest BCUT2D eigenvalue weighted by Crippen LogP contribution is -1.97. The first kappa shape index (κ1) is 15.7. The van der Waals surface area contributed by atoms with Gasteiger partial charge in [0.2, 0.25) is 5.95 Å².